The topological polar surface area (TPSA) is 214 Å². The Hall–Kier alpha value is -2.61. The van der Waals surface area contributed by atoms with Crippen molar-refractivity contribution in [2.75, 3.05) is 26.2 Å². The van der Waals surface area contributed by atoms with Crippen molar-refractivity contribution in [3.63, 3.8) is 0 Å². The van der Waals surface area contributed by atoms with Crippen molar-refractivity contribution >= 4 is 30.0 Å². The highest BCUT2D eigenvalue weighted by Crippen LogP contribution is 2.00. The first kappa shape index (κ1) is 22.4. The van der Waals surface area contributed by atoms with Gasteiger partial charge in [0, 0.05) is 0 Å². The van der Waals surface area contributed by atoms with Crippen molar-refractivity contribution in [2.24, 2.45) is 0 Å². The summed E-state index contributed by atoms with van der Waals surface area (Å²) in [6, 6.07) is -1.82. The number of carbonyl (C=O) groups excluding carboxylic acids is 3. The van der Waals surface area contributed by atoms with Crippen molar-refractivity contribution in [3.05, 3.63) is 0 Å². The molecule has 142 valence electrons. The molecule has 2 amide bonds. The van der Waals surface area contributed by atoms with Crippen molar-refractivity contribution in [1.82, 2.24) is 15.5 Å². The van der Waals surface area contributed by atoms with Crippen LogP contribution in [0.3, 0.4) is 0 Å². The van der Waals surface area contributed by atoms with Crippen LogP contribution >= 0.6 is 0 Å². The predicted molar refractivity (Wildman–Crippen MR) is 76.9 cm³/mol. The molecule has 0 heterocycles. The number of carboxylic acid groups (broad SMARTS) is 2. The van der Waals surface area contributed by atoms with Gasteiger partial charge >= 0.3 is 11.9 Å². The molecule has 0 aromatic heterocycles. The van der Waals surface area contributed by atoms with Gasteiger partial charge in [0.05, 0.1) is 19.7 Å². The van der Waals surface area contributed by atoms with Gasteiger partial charge in [-0.3, -0.25) is 24.1 Å². The number of carboxylic acids is 2. The molecule has 0 aliphatic heterocycles. The number of amides is 2. The fourth-order valence-electron chi connectivity index (χ4n) is 1.63. The molecule has 0 fully saturated rings. The molecule has 13 nitrogen and oxygen atoms in total. The monoisotopic (exact) mass is 365 g/mol. The second-order valence-electron chi connectivity index (χ2n) is 4.71. The second-order valence-corrected chi connectivity index (χ2v) is 4.71. The molecule has 0 aromatic rings. The quantitative estimate of drug-likeness (QED) is 0.128. The van der Waals surface area contributed by atoms with E-state index in [-0.39, 0.29) is 6.29 Å². The van der Waals surface area contributed by atoms with Gasteiger partial charge in [0.1, 0.15) is 25.0 Å². The van der Waals surface area contributed by atoms with Crippen LogP contribution < -0.4 is 10.6 Å². The first-order valence-electron chi connectivity index (χ1n) is 6.80. The van der Waals surface area contributed by atoms with Crippen molar-refractivity contribution in [3.8, 4) is 0 Å². The zero-order valence-electron chi connectivity index (χ0n) is 12.9. The molecule has 7 N–H and O–H groups in total. The third-order valence-corrected chi connectivity index (χ3v) is 2.79. The van der Waals surface area contributed by atoms with Crippen LogP contribution in [0.5, 0.6) is 0 Å². The van der Waals surface area contributed by atoms with Crippen LogP contribution in [0.4, 0.5) is 0 Å². The smallest absolute Gasteiger partial charge is 0.322 e. The van der Waals surface area contributed by atoms with Gasteiger partial charge in [0.2, 0.25) is 5.91 Å². The molecule has 0 saturated heterocycles. The minimum atomic E-state index is -2.15. The Morgan fingerprint density at radius 1 is 1.04 bits per heavy atom. The number of nitrogens with zero attached hydrogens (tertiary/aromatic N) is 1. The molecule has 0 saturated carbocycles. The molecule has 0 spiro atoms. The van der Waals surface area contributed by atoms with E-state index >= 15 is 0 Å². The van der Waals surface area contributed by atoms with Crippen LogP contribution in [0.15, 0.2) is 0 Å². The third kappa shape index (κ3) is 8.16. The lowest BCUT2D eigenvalue weighted by atomic mass is 10.1. The molecule has 0 aliphatic carbocycles. The largest absolute Gasteiger partial charge is 0.480 e. The maximum atomic E-state index is 11.9. The van der Waals surface area contributed by atoms with Gasteiger partial charge in [-0.2, -0.15) is 0 Å². The molecule has 13 heteroatoms. The van der Waals surface area contributed by atoms with E-state index in [1.807, 2.05) is 10.6 Å². The zero-order chi connectivity index (χ0) is 19.6. The van der Waals surface area contributed by atoms with Crippen molar-refractivity contribution < 1.29 is 49.5 Å². The van der Waals surface area contributed by atoms with Crippen LogP contribution in [0.1, 0.15) is 0 Å². The molecule has 0 aromatic carbocycles. The van der Waals surface area contributed by atoms with Crippen LogP contribution in [0.25, 0.3) is 0 Å². The van der Waals surface area contributed by atoms with Crippen molar-refractivity contribution in [2.45, 2.75) is 18.4 Å². The summed E-state index contributed by atoms with van der Waals surface area (Å²) < 4.78 is 0. The summed E-state index contributed by atoms with van der Waals surface area (Å²) in [5.74, 6) is -5.36. The van der Waals surface area contributed by atoms with Gasteiger partial charge in [-0.05, 0) is 0 Å². The highest BCUT2D eigenvalue weighted by atomic mass is 16.4. The summed E-state index contributed by atoms with van der Waals surface area (Å²) in [6.45, 7) is -3.29. The number of hydrogen-bond donors (Lipinski definition) is 7. The summed E-state index contributed by atoms with van der Waals surface area (Å²) in [6.07, 6.45) is -3.75. The van der Waals surface area contributed by atoms with Gasteiger partial charge < -0.3 is 41.0 Å². The normalized spacial score (nSPS) is 14.2. The van der Waals surface area contributed by atoms with E-state index in [0.717, 1.165) is 0 Å². The summed E-state index contributed by atoms with van der Waals surface area (Å²) in [4.78, 5) is 55.8. The Balaban J connectivity index is 5.09. The molecule has 0 aliphatic rings. The minimum absolute atomic E-state index is 0.235. The van der Waals surface area contributed by atoms with Crippen LogP contribution in [0.2, 0.25) is 0 Å². The Labute approximate surface area is 140 Å². The maximum Gasteiger partial charge on any atom is 0.322 e. The van der Waals surface area contributed by atoms with Gasteiger partial charge in [0.15, 0.2) is 6.23 Å². The number of aliphatic carboxylic acids is 2. The van der Waals surface area contributed by atoms with Gasteiger partial charge in [-0.15, -0.1) is 0 Å². The van der Waals surface area contributed by atoms with Gasteiger partial charge in [-0.1, -0.05) is 0 Å². The van der Waals surface area contributed by atoms with Crippen LogP contribution in [0, 0.1) is 0 Å². The molecule has 0 bridgehead atoms. The minimum Gasteiger partial charge on any atom is -0.480 e. The number of hydrogen-bond acceptors (Lipinski definition) is 9. The number of aldehydes is 1. The molecule has 3 unspecified atom stereocenters. The Kier molecular flexibility index (Phi) is 9.88. The fraction of sp³-hybridized carbons (Fsp3) is 0.583. The van der Waals surface area contributed by atoms with Crippen molar-refractivity contribution in [1.29, 1.82) is 0 Å². The Bertz CT molecular complexity index is 511. The number of carbonyl (C=O) groups is 5. The third-order valence-electron chi connectivity index (χ3n) is 2.79. The summed E-state index contributed by atoms with van der Waals surface area (Å²) >= 11 is 0. The Morgan fingerprint density at radius 2 is 1.64 bits per heavy atom. The second kappa shape index (κ2) is 11.0. The van der Waals surface area contributed by atoms with E-state index in [4.69, 9.17) is 15.3 Å². The van der Waals surface area contributed by atoms with E-state index in [0.29, 0.717) is 4.90 Å². The molecule has 25 heavy (non-hydrogen) atoms. The highest BCUT2D eigenvalue weighted by Gasteiger charge is 2.32. The van der Waals surface area contributed by atoms with Crippen LogP contribution in [-0.4, -0.2) is 105 Å². The number of rotatable bonds is 12. The average Bonchev–Trinajstić information content (AvgIpc) is 2.55. The van der Waals surface area contributed by atoms with E-state index in [1.165, 1.54) is 0 Å². The number of aliphatic hydroxyl groups excluding tert-OH is 3. The average molecular weight is 365 g/mol. The molecule has 3 atom stereocenters. The number of aliphatic hydroxyl groups is 3. The molecular formula is C12H19N3O10. The van der Waals surface area contributed by atoms with Gasteiger partial charge in [-0.25, -0.2) is 0 Å². The lowest BCUT2D eigenvalue weighted by Gasteiger charge is -2.27. The predicted octanol–water partition coefficient (Wildman–Crippen LogP) is -5.07. The zero-order valence-corrected chi connectivity index (χ0v) is 12.9. The lowest BCUT2D eigenvalue weighted by Crippen LogP contribution is -2.59. The SMILES string of the molecule is O=CCN(CC(=O)O)C(O)C(=O)NC(C(=O)NCC(=O)O)C(O)CO. The Morgan fingerprint density at radius 3 is 2.08 bits per heavy atom. The summed E-state index contributed by atoms with van der Waals surface area (Å²) in [7, 11) is 0. The summed E-state index contributed by atoms with van der Waals surface area (Å²) in [5.41, 5.74) is 0. The van der Waals surface area contributed by atoms with E-state index in [2.05, 4.69) is 0 Å². The fourth-order valence-corrected chi connectivity index (χ4v) is 1.63. The van der Waals surface area contributed by atoms with Gasteiger partial charge in [0.25, 0.3) is 5.91 Å². The molecular weight excluding hydrogens is 346 g/mol. The van der Waals surface area contributed by atoms with E-state index < -0.39 is 68.4 Å². The summed E-state index contributed by atoms with van der Waals surface area (Å²) in [5, 5.41) is 49.1. The first-order chi connectivity index (χ1) is 11.6. The maximum absolute atomic E-state index is 11.9. The van der Waals surface area contributed by atoms with E-state index in [9.17, 15) is 34.2 Å². The molecule has 0 radical (unpaired) electrons. The van der Waals surface area contributed by atoms with E-state index in [1.54, 1.807) is 0 Å². The molecule has 0 rings (SSSR count). The van der Waals surface area contributed by atoms with Crippen LogP contribution in [-0.2, 0) is 24.0 Å². The highest BCUT2D eigenvalue weighted by molar-refractivity contribution is 5.91. The number of nitrogens with one attached hydrogen (secondary N) is 2. The standard InChI is InChI=1S/C12H19N3O10/c16-2-1-15(4-8(21)22)12(25)11(24)14-9(6(18)5-17)10(23)13-3-7(19)20/h2,6,9,12,17-18,25H,1,3-5H2,(H,13,23)(H,14,24)(H,19,20)(H,21,22). The first-order valence-corrected chi connectivity index (χ1v) is 6.80. The lowest BCUT2D eigenvalue weighted by molar-refractivity contribution is -0.150.